The van der Waals surface area contributed by atoms with Gasteiger partial charge in [-0.3, -0.25) is 19.7 Å². The molecule has 0 bridgehead atoms. The average molecular weight is 512 g/mol. The summed E-state index contributed by atoms with van der Waals surface area (Å²) in [7, 11) is 0. The van der Waals surface area contributed by atoms with Gasteiger partial charge in [-0.05, 0) is 23.6 Å². The summed E-state index contributed by atoms with van der Waals surface area (Å²) in [5, 5.41) is 16.3. The summed E-state index contributed by atoms with van der Waals surface area (Å²) in [4.78, 5) is 40.5. The normalized spacial score (nSPS) is 13.4. The number of thioether (sulfide) groups is 1. The van der Waals surface area contributed by atoms with Crippen LogP contribution in [0.15, 0.2) is 65.3 Å². The van der Waals surface area contributed by atoms with Crippen molar-refractivity contribution < 1.29 is 18.9 Å². The monoisotopic (exact) mass is 511 g/mol. The van der Waals surface area contributed by atoms with Crippen molar-refractivity contribution in [2.75, 3.05) is 11.1 Å². The lowest BCUT2D eigenvalue weighted by atomic mass is 10.0. The number of aromatic nitrogens is 1. The van der Waals surface area contributed by atoms with Crippen LogP contribution in [0.4, 0.5) is 11.4 Å². The van der Waals surface area contributed by atoms with Crippen molar-refractivity contribution in [1.82, 2.24) is 10.3 Å². The molecule has 3 rings (SSSR count). The number of nitro groups is 1. The lowest BCUT2D eigenvalue weighted by Gasteiger charge is -2.18. The molecule has 3 unspecified atom stereocenters. The standard InChI is InChI=1S/C25H29N5O5S/c1-3-16(2)22(26)25-29-20(13-35-25)23(31)28-21(15-36-14-17-7-5-4-6-8-17)24(32)27-18-9-11-19(12-10-18)30(33)34/h4-13,16,21-22H,3,14-15,26H2,1-2H3,(H,27,32)(H,28,31). The maximum atomic E-state index is 13.0. The van der Waals surface area contributed by atoms with Gasteiger partial charge in [0.1, 0.15) is 12.3 Å². The van der Waals surface area contributed by atoms with Crippen LogP contribution in [0.3, 0.4) is 0 Å². The van der Waals surface area contributed by atoms with Gasteiger partial charge in [-0.15, -0.1) is 0 Å². The Morgan fingerprint density at radius 1 is 1.17 bits per heavy atom. The minimum absolute atomic E-state index is 0.0324. The maximum absolute atomic E-state index is 13.0. The molecule has 36 heavy (non-hydrogen) atoms. The number of oxazole rings is 1. The van der Waals surface area contributed by atoms with Gasteiger partial charge in [-0.1, -0.05) is 50.6 Å². The molecule has 3 atom stereocenters. The second kappa shape index (κ2) is 12.8. The van der Waals surface area contributed by atoms with E-state index >= 15 is 0 Å². The van der Waals surface area contributed by atoms with E-state index < -0.39 is 28.8 Å². The molecule has 0 saturated heterocycles. The number of hydrogen-bond acceptors (Lipinski definition) is 8. The molecular weight excluding hydrogens is 482 g/mol. The van der Waals surface area contributed by atoms with Gasteiger partial charge in [0.25, 0.3) is 11.6 Å². The number of rotatable bonds is 12. The third-order valence-corrected chi connectivity index (χ3v) is 6.77. The number of carbonyl (C=O) groups excluding carboxylic acids is 2. The smallest absolute Gasteiger partial charge is 0.273 e. The summed E-state index contributed by atoms with van der Waals surface area (Å²) in [5.74, 6) is 0.296. The van der Waals surface area contributed by atoms with Crippen LogP contribution in [0.25, 0.3) is 0 Å². The molecule has 0 fully saturated rings. The summed E-state index contributed by atoms with van der Waals surface area (Å²) in [6, 6.07) is 13.9. The van der Waals surface area contributed by atoms with E-state index in [4.69, 9.17) is 10.2 Å². The van der Waals surface area contributed by atoms with E-state index in [0.29, 0.717) is 11.4 Å². The van der Waals surface area contributed by atoms with Crippen molar-refractivity contribution in [1.29, 1.82) is 0 Å². The number of anilines is 1. The Bertz CT molecular complexity index is 1170. The van der Waals surface area contributed by atoms with E-state index in [2.05, 4.69) is 15.6 Å². The van der Waals surface area contributed by atoms with Crippen molar-refractivity contribution in [2.45, 2.75) is 38.1 Å². The van der Waals surface area contributed by atoms with E-state index in [0.717, 1.165) is 12.0 Å². The zero-order chi connectivity index (χ0) is 26.1. The van der Waals surface area contributed by atoms with Crippen molar-refractivity contribution in [3.63, 3.8) is 0 Å². The highest BCUT2D eigenvalue weighted by Crippen LogP contribution is 2.21. The lowest BCUT2D eigenvalue weighted by Crippen LogP contribution is -2.45. The SMILES string of the molecule is CCC(C)C(N)c1nc(C(=O)NC(CSCc2ccccc2)C(=O)Nc2ccc([N+](=O)[O-])cc2)co1. The van der Waals surface area contributed by atoms with E-state index in [1.165, 1.54) is 42.3 Å². The van der Waals surface area contributed by atoms with Crippen LogP contribution in [0.5, 0.6) is 0 Å². The number of carbonyl (C=O) groups is 2. The predicted molar refractivity (Wildman–Crippen MR) is 138 cm³/mol. The average Bonchev–Trinajstić information content (AvgIpc) is 3.38. The Labute approximate surface area is 213 Å². The molecule has 1 aromatic heterocycles. The van der Waals surface area contributed by atoms with E-state index in [1.54, 1.807) is 0 Å². The Morgan fingerprint density at radius 3 is 2.50 bits per heavy atom. The van der Waals surface area contributed by atoms with E-state index in [1.807, 2.05) is 44.2 Å². The molecule has 1 heterocycles. The van der Waals surface area contributed by atoms with Gasteiger partial charge in [0.05, 0.1) is 11.0 Å². The van der Waals surface area contributed by atoms with Gasteiger partial charge >= 0.3 is 0 Å². The largest absolute Gasteiger partial charge is 0.446 e. The van der Waals surface area contributed by atoms with Crippen molar-refractivity contribution in [3.05, 3.63) is 88.1 Å². The molecule has 190 valence electrons. The minimum atomic E-state index is -0.898. The molecule has 4 N–H and O–H groups in total. The summed E-state index contributed by atoms with van der Waals surface area (Å²) >= 11 is 1.49. The molecule has 0 aliphatic carbocycles. The molecule has 10 nitrogen and oxygen atoms in total. The van der Waals surface area contributed by atoms with Crippen LogP contribution < -0.4 is 16.4 Å². The van der Waals surface area contributed by atoms with Gasteiger partial charge < -0.3 is 20.8 Å². The lowest BCUT2D eigenvalue weighted by molar-refractivity contribution is -0.384. The second-order valence-corrected chi connectivity index (χ2v) is 9.33. The van der Waals surface area contributed by atoms with Crippen molar-refractivity contribution in [3.8, 4) is 0 Å². The van der Waals surface area contributed by atoms with E-state index in [9.17, 15) is 19.7 Å². The fourth-order valence-electron chi connectivity index (χ4n) is 3.22. The predicted octanol–water partition coefficient (Wildman–Crippen LogP) is 4.30. The summed E-state index contributed by atoms with van der Waals surface area (Å²) in [5.41, 5.74) is 7.56. The van der Waals surface area contributed by atoms with Crippen LogP contribution in [0.1, 0.15) is 48.3 Å². The Hall–Kier alpha value is -3.70. The third-order valence-electron chi connectivity index (χ3n) is 5.66. The Morgan fingerprint density at radius 2 is 1.86 bits per heavy atom. The van der Waals surface area contributed by atoms with Crippen LogP contribution in [0.2, 0.25) is 0 Å². The highest BCUT2D eigenvalue weighted by molar-refractivity contribution is 7.98. The first kappa shape index (κ1) is 26.9. The molecule has 0 saturated carbocycles. The minimum Gasteiger partial charge on any atom is -0.446 e. The number of benzene rings is 2. The van der Waals surface area contributed by atoms with Crippen LogP contribution in [0, 0.1) is 16.0 Å². The van der Waals surface area contributed by atoms with Crippen molar-refractivity contribution in [2.24, 2.45) is 11.7 Å². The highest BCUT2D eigenvalue weighted by atomic mass is 32.2. The molecule has 3 aromatic rings. The molecule has 11 heteroatoms. The Balaban J connectivity index is 1.70. The number of hydrogen-bond donors (Lipinski definition) is 3. The number of nitrogens with zero attached hydrogens (tertiary/aromatic N) is 2. The quantitative estimate of drug-likeness (QED) is 0.240. The van der Waals surface area contributed by atoms with Crippen molar-refractivity contribution >= 4 is 35.0 Å². The zero-order valence-corrected chi connectivity index (χ0v) is 20.9. The van der Waals surface area contributed by atoms with Gasteiger partial charge in [0.15, 0.2) is 5.69 Å². The third kappa shape index (κ3) is 7.40. The summed E-state index contributed by atoms with van der Waals surface area (Å²) < 4.78 is 5.42. The number of non-ortho nitro benzene ring substituents is 1. The molecule has 2 amide bonds. The van der Waals surface area contributed by atoms with Crippen LogP contribution in [-0.2, 0) is 10.5 Å². The van der Waals surface area contributed by atoms with Crippen LogP contribution >= 0.6 is 11.8 Å². The van der Waals surface area contributed by atoms with Gasteiger partial charge in [0.2, 0.25) is 11.8 Å². The zero-order valence-electron chi connectivity index (χ0n) is 20.0. The number of nitrogens with one attached hydrogen (secondary N) is 2. The molecule has 2 aromatic carbocycles. The first-order valence-corrected chi connectivity index (χ1v) is 12.6. The number of nitrogens with two attached hydrogens (primary N) is 1. The summed E-state index contributed by atoms with van der Waals surface area (Å²) in [6.45, 7) is 3.97. The number of amides is 2. The highest BCUT2D eigenvalue weighted by Gasteiger charge is 2.25. The maximum Gasteiger partial charge on any atom is 0.273 e. The van der Waals surface area contributed by atoms with Gasteiger partial charge in [-0.2, -0.15) is 11.8 Å². The fourth-order valence-corrected chi connectivity index (χ4v) is 4.24. The van der Waals surface area contributed by atoms with Gasteiger partial charge in [0, 0.05) is 29.3 Å². The molecule has 0 aliphatic rings. The second-order valence-electron chi connectivity index (χ2n) is 8.30. The number of nitro benzene ring substituents is 1. The van der Waals surface area contributed by atoms with Gasteiger partial charge in [-0.25, -0.2) is 4.98 Å². The topological polar surface area (TPSA) is 153 Å². The Kier molecular flexibility index (Phi) is 9.60. The molecule has 0 spiro atoms. The summed E-state index contributed by atoms with van der Waals surface area (Å²) in [6.07, 6.45) is 2.06. The first-order chi connectivity index (χ1) is 17.3. The first-order valence-electron chi connectivity index (χ1n) is 11.5. The molecule has 0 aliphatic heterocycles. The van der Waals surface area contributed by atoms with Crippen LogP contribution in [-0.4, -0.2) is 33.5 Å². The fraction of sp³-hybridized carbons (Fsp3) is 0.320. The molecule has 0 radical (unpaired) electrons. The molecular formula is C25H29N5O5S. The van der Waals surface area contributed by atoms with E-state index in [-0.39, 0.29) is 28.9 Å².